The van der Waals surface area contributed by atoms with Gasteiger partial charge in [-0.2, -0.15) is 0 Å². The number of carbonyl (C=O) groups excluding carboxylic acids is 1. The third-order valence-electron chi connectivity index (χ3n) is 2.21. The molecule has 0 fully saturated rings. The van der Waals surface area contributed by atoms with Crippen molar-refractivity contribution in [2.75, 3.05) is 6.61 Å². The van der Waals surface area contributed by atoms with E-state index in [1.807, 2.05) is 13.0 Å². The predicted octanol–water partition coefficient (Wildman–Crippen LogP) is 3.89. The summed E-state index contributed by atoms with van der Waals surface area (Å²) in [6.45, 7) is 8.14. The fraction of sp³-hybridized carbons (Fsp3) is 0.462. The van der Waals surface area contributed by atoms with E-state index in [2.05, 4.69) is 13.8 Å². The van der Waals surface area contributed by atoms with E-state index in [-0.39, 0.29) is 5.78 Å². The Labute approximate surface area is 102 Å². The van der Waals surface area contributed by atoms with Crippen molar-refractivity contribution in [3.63, 3.8) is 0 Å². The molecule has 0 radical (unpaired) electrons. The van der Waals surface area contributed by atoms with Crippen molar-refractivity contribution >= 4 is 17.4 Å². The summed E-state index contributed by atoms with van der Waals surface area (Å²) >= 11 is 5.98. The zero-order valence-electron chi connectivity index (χ0n) is 10.1. The Morgan fingerprint density at radius 2 is 2.06 bits per heavy atom. The molecule has 0 amide bonds. The summed E-state index contributed by atoms with van der Waals surface area (Å²) in [5.41, 5.74) is 1.47. The molecule has 3 heteroatoms. The first-order valence-electron chi connectivity index (χ1n) is 5.35. The normalized spacial score (nSPS) is 10.6. The second-order valence-electron chi connectivity index (χ2n) is 4.36. The van der Waals surface area contributed by atoms with Gasteiger partial charge in [0.25, 0.3) is 0 Å². The number of aryl methyl sites for hydroxylation is 1. The standard InChI is InChI=1S/C13H17ClO2/c1-8(2)7-16-13-5-9(3)12(14)6-11(13)10(4)15/h5-6,8H,7H2,1-4H3. The van der Waals surface area contributed by atoms with Gasteiger partial charge in [0.1, 0.15) is 5.75 Å². The number of carbonyl (C=O) groups is 1. The van der Waals surface area contributed by atoms with Gasteiger partial charge in [0.15, 0.2) is 5.78 Å². The van der Waals surface area contributed by atoms with Crippen molar-refractivity contribution in [3.05, 3.63) is 28.3 Å². The Kier molecular flexibility index (Phi) is 4.36. The average Bonchev–Trinajstić information content (AvgIpc) is 2.18. The smallest absolute Gasteiger partial charge is 0.163 e. The van der Waals surface area contributed by atoms with Gasteiger partial charge >= 0.3 is 0 Å². The average molecular weight is 241 g/mol. The Hall–Kier alpha value is -1.02. The lowest BCUT2D eigenvalue weighted by Crippen LogP contribution is -2.08. The highest BCUT2D eigenvalue weighted by molar-refractivity contribution is 6.31. The van der Waals surface area contributed by atoms with Crippen LogP contribution in [-0.4, -0.2) is 12.4 Å². The van der Waals surface area contributed by atoms with Crippen LogP contribution in [0.1, 0.15) is 36.7 Å². The van der Waals surface area contributed by atoms with E-state index in [9.17, 15) is 4.79 Å². The molecule has 0 atom stereocenters. The maximum atomic E-state index is 11.4. The third-order valence-corrected chi connectivity index (χ3v) is 2.62. The first-order chi connectivity index (χ1) is 7.41. The van der Waals surface area contributed by atoms with Gasteiger partial charge < -0.3 is 4.74 Å². The number of benzene rings is 1. The second-order valence-corrected chi connectivity index (χ2v) is 4.77. The van der Waals surface area contributed by atoms with Crippen LogP contribution in [0.15, 0.2) is 12.1 Å². The third kappa shape index (κ3) is 3.24. The Morgan fingerprint density at radius 3 is 2.56 bits per heavy atom. The lowest BCUT2D eigenvalue weighted by Gasteiger charge is -2.13. The zero-order chi connectivity index (χ0) is 12.3. The van der Waals surface area contributed by atoms with Gasteiger partial charge in [0.2, 0.25) is 0 Å². The molecule has 0 heterocycles. The van der Waals surface area contributed by atoms with Crippen molar-refractivity contribution in [1.82, 2.24) is 0 Å². The Balaban J connectivity index is 3.05. The number of halogens is 1. The van der Waals surface area contributed by atoms with E-state index in [4.69, 9.17) is 16.3 Å². The minimum Gasteiger partial charge on any atom is -0.493 e. The molecular weight excluding hydrogens is 224 g/mol. The molecule has 0 aliphatic rings. The van der Waals surface area contributed by atoms with E-state index in [1.165, 1.54) is 6.92 Å². The molecule has 0 saturated heterocycles. The predicted molar refractivity (Wildman–Crippen MR) is 66.5 cm³/mol. The largest absolute Gasteiger partial charge is 0.493 e. The van der Waals surface area contributed by atoms with Crippen molar-refractivity contribution in [2.24, 2.45) is 5.92 Å². The van der Waals surface area contributed by atoms with Crippen LogP contribution in [0.5, 0.6) is 5.75 Å². The quantitative estimate of drug-likeness (QED) is 0.747. The molecule has 0 N–H and O–H groups in total. The fourth-order valence-electron chi connectivity index (χ4n) is 1.31. The number of Topliss-reactive ketones (excluding diaryl/α,β-unsaturated/α-hetero) is 1. The lowest BCUT2D eigenvalue weighted by atomic mass is 10.1. The minimum atomic E-state index is -0.0272. The summed E-state index contributed by atoms with van der Waals surface area (Å²) in [5, 5.41) is 0.599. The number of hydrogen-bond acceptors (Lipinski definition) is 2. The van der Waals surface area contributed by atoms with Gasteiger partial charge in [-0.15, -0.1) is 0 Å². The second kappa shape index (κ2) is 5.35. The molecule has 0 aliphatic heterocycles. The van der Waals surface area contributed by atoms with E-state index >= 15 is 0 Å². The lowest BCUT2D eigenvalue weighted by molar-refractivity contribution is 0.101. The van der Waals surface area contributed by atoms with Crippen LogP contribution in [0.3, 0.4) is 0 Å². The molecule has 1 aromatic rings. The SMILES string of the molecule is CC(=O)c1cc(Cl)c(C)cc1OCC(C)C. The molecule has 88 valence electrons. The van der Waals surface area contributed by atoms with Gasteiger partial charge in [-0.25, -0.2) is 0 Å². The highest BCUT2D eigenvalue weighted by Gasteiger charge is 2.12. The van der Waals surface area contributed by atoms with Crippen LogP contribution in [0.25, 0.3) is 0 Å². The summed E-state index contributed by atoms with van der Waals surface area (Å²) in [7, 11) is 0. The molecule has 0 saturated carbocycles. The van der Waals surface area contributed by atoms with Crippen LogP contribution in [0, 0.1) is 12.8 Å². The van der Waals surface area contributed by atoms with Crippen LogP contribution in [0.4, 0.5) is 0 Å². The topological polar surface area (TPSA) is 26.3 Å². The van der Waals surface area contributed by atoms with E-state index in [0.717, 1.165) is 5.56 Å². The maximum absolute atomic E-state index is 11.4. The van der Waals surface area contributed by atoms with Crippen LogP contribution in [0.2, 0.25) is 5.02 Å². The van der Waals surface area contributed by atoms with Crippen molar-refractivity contribution in [1.29, 1.82) is 0 Å². The molecule has 0 bridgehead atoms. The van der Waals surface area contributed by atoms with Gasteiger partial charge in [-0.1, -0.05) is 25.4 Å². The number of ether oxygens (including phenoxy) is 1. The summed E-state index contributed by atoms with van der Waals surface area (Å²) in [6, 6.07) is 3.50. The van der Waals surface area contributed by atoms with E-state index < -0.39 is 0 Å². The summed E-state index contributed by atoms with van der Waals surface area (Å²) in [5.74, 6) is 1.03. The number of hydrogen-bond donors (Lipinski definition) is 0. The Bertz CT molecular complexity index is 397. The number of ketones is 1. The molecule has 0 aliphatic carbocycles. The molecule has 1 aromatic carbocycles. The fourth-order valence-corrected chi connectivity index (χ4v) is 1.47. The van der Waals surface area contributed by atoms with Crippen LogP contribution in [-0.2, 0) is 0 Å². The van der Waals surface area contributed by atoms with Crippen LogP contribution < -0.4 is 4.74 Å². The first kappa shape index (κ1) is 13.0. The summed E-state index contributed by atoms with van der Waals surface area (Å²) < 4.78 is 5.62. The summed E-state index contributed by atoms with van der Waals surface area (Å²) in [6.07, 6.45) is 0. The van der Waals surface area contributed by atoms with Crippen molar-refractivity contribution in [3.8, 4) is 5.75 Å². The summed E-state index contributed by atoms with van der Waals surface area (Å²) in [4.78, 5) is 11.4. The molecule has 16 heavy (non-hydrogen) atoms. The van der Waals surface area contributed by atoms with E-state index in [1.54, 1.807) is 6.07 Å². The number of rotatable bonds is 4. The highest BCUT2D eigenvalue weighted by atomic mass is 35.5. The molecule has 0 aromatic heterocycles. The van der Waals surface area contributed by atoms with Crippen LogP contribution >= 0.6 is 11.6 Å². The monoisotopic (exact) mass is 240 g/mol. The van der Waals surface area contributed by atoms with Gasteiger partial charge in [0.05, 0.1) is 12.2 Å². The van der Waals surface area contributed by atoms with Gasteiger partial charge in [-0.3, -0.25) is 4.79 Å². The maximum Gasteiger partial charge on any atom is 0.163 e. The molecular formula is C13H17ClO2. The van der Waals surface area contributed by atoms with Gasteiger partial charge in [-0.05, 0) is 37.5 Å². The zero-order valence-corrected chi connectivity index (χ0v) is 10.9. The van der Waals surface area contributed by atoms with Crippen molar-refractivity contribution in [2.45, 2.75) is 27.7 Å². The first-order valence-corrected chi connectivity index (χ1v) is 5.73. The minimum absolute atomic E-state index is 0.0272. The molecule has 0 spiro atoms. The highest BCUT2D eigenvalue weighted by Crippen LogP contribution is 2.27. The Morgan fingerprint density at radius 1 is 1.44 bits per heavy atom. The van der Waals surface area contributed by atoms with E-state index in [0.29, 0.717) is 28.9 Å². The molecule has 1 rings (SSSR count). The van der Waals surface area contributed by atoms with Crippen molar-refractivity contribution < 1.29 is 9.53 Å². The van der Waals surface area contributed by atoms with Gasteiger partial charge in [0, 0.05) is 5.02 Å². The molecule has 2 nitrogen and oxygen atoms in total. The molecule has 0 unspecified atom stereocenters.